The average molecular weight is 198 g/mol. The molecule has 76 valence electrons. The summed E-state index contributed by atoms with van der Waals surface area (Å²) in [6, 6.07) is 5.49. The van der Waals surface area contributed by atoms with Crippen LogP contribution in [0.2, 0.25) is 0 Å². The predicted octanol–water partition coefficient (Wildman–Crippen LogP) is 1.42. The summed E-state index contributed by atoms with van der Waals surface area (Å²) in [4.78, 5) is 10.8. The van der Waals surface area contributed by atoms with Gasteiger partial charge in [0.1, 0.15) is 5.82 Å². The van der Waals surface area contributed by atoms with Crippen molar-refractivity contribution in [2.75, 3.05) is 7.11 Å². The fraction of sp³-hybridized carbons (Fsp3) is 0.300. The van der Waals surface area contributed by atoms with Crippen molar-refractivity contribution < 1.29 is 19.0 Å². The third-order valence-corrected chi connectivity index (χ3v) is 1.82. The maximum absolute atomic E-state index is 12.7. The van der Waals surface area contributed by atoms with Crippen molar-refractivity contribution in [3.8, 4) is 0 Å². The van der Waals surface area contributed by atoms with E-state index in [-0.39, 0.29) is 6.42 Å². The van der Waals surface area contributed by atoms with Crippen LogP contribution in [0.5, 0.6) is 0 Å². The SMILES string of the molecule is COC(=O)C[C@@H](O)c1cccc(F)c1. The van der Waals surface area contributed by atoms with Crippen LogP contribution in [0.4, 0.5) is 4.39 Å². The van der Waals surface area contributed by atoms with Gasteiger partial charge in [-0.3, -0.25) is 4.79 Å². The molecule has 1 atom stereocenters. The molecule has 1 N–H and O–H groups in total. The van der Waals surface area contributed by atoms with Gasteiger partial charge >= 0.3 is 5.97 Å². The molecule has 0 aliphatic heterocycles. The van der Waals surface area contributed by atoms with E-state index in [4.69, 9.17) is 0 Å². The summed E-state index contributed by atoms with van der Waals surface area (Å²) in [5.41, 5.74) is 0.371. The Morgan fingerprint density at radius 1 is 1.64 bits per heavy atom. The lowest BCUT2D eigenvalue weighted by atomic mass is 10.1. The molecule has 0 fully saturated rings. The molecule has 0 heterocycles. The fourth-order valence-electron chi connectivity index (χ4n) is 1.07. The Hall–Kier alpha value is -1.42. The highest BCUT2D eigenvalue weighted by atomic mass is 19.1. The Morgan fingerprint density at radius 3 is 2.93 bits per heavy atom. The first-order valence-corrected chi connectivity index (χ1v) is 4.14. The number of carbonyl (C=O) groups excluding carboxylic acids is 1. The molecule has 3 nitrogen and oxygen atoms in total. The van der Waals surface area contributed by atoms with Gasteiger partial charge in [0.25, 0.3) is 0 Å². The molecular formula is C10H11FO3. The molecule has 0 aliphatic rings. The van der Waals surface area contributed by atoms with Crippen LogP contribution in [0.3, 0.4) is 0 Å². The van der Waals surface area contributed by atoms with Gasteiger partial charge in [0.15, 0.2) is 0 Å². The van der Waals surface area contributed by atoms with Crippen molar-refractivity contribution in [2.45, 2.75) is 12.5 Å². The molecule has 4 heteroatoms. The summed E-state index contributed by atoms with van der Waals surface area (Å²) >= 11 is 0. The first kappa shape index (κ1) is 10.7. The second-order valence-electron chi connectivity index (χ2n) is 2.85. The molecular weight excluding hydrogens is 187 g/mol. The molecule has 0 spiro atoms. The summed E-state index contributed by atoms with van der Waals surface area (Å²) in [5.74, 6) is -0.965. The van der Waals surface area contributed by atoms with E-state index in [1.807, 2.05) is 0 Å². The quantitative estimate of drug-likeness (QED) is 0.747. The number of hydrogen-bond acceptors (Lipinski definition) is 3. The van der Waals surface area contributed by atoms with Crippen LogP contribution in [-0.2, 0) is 9.53 Å². The topological polar surface area (TPSA) is 46.5 Å². The van der Waals surface area contributed by atoms with Gasteiger partial charge in [0.05, 0.1) is 19.6 Å². The Balaban J connectivity index is 2.69. The summed E-state index contributed by atoms with van der Waals surface area (Å²) in [5, 5.41) is 9.48. The molecule has 14 heavy (non-hydrogen) atoms. The highest BCUT2D eigenvalue weighted by molar-refractivity contribution is 5.70. The predicted molar refractivity (Wildman–Crippen MR) is 48.0 cm³/mol. The van der Waals surface area contributed by atoms with E-state index in [1.54, 1.807) is 6.07 Å². The van der Waals surface area contributed by atoms with Crippen molar-refractivity contribution in [2.24, 2.45) is 0 Å². The molecule has 1 aromatic carbocycles. The number of methoxy groups -OCH3 is 1. The van der Waals surface area contributed by atoms with Crippen LogP contribution >= 0.6 is 0 Å². The van der Waals surface area contributed by atoms with Crippen LogP contribution in [-0.4, -0.2) is 18.2 Å². The first-order valence-electron chi connectivity index (χ1n) is 4.14. The van der Waals surface area contributed by atoms with Crippen LogP contribution in [0.15, 0.2) is 24.3 Å². The fourth-order valence-corrected chi connectivity index (χ4v) is 1.07. The normalized spacial score (nSPS) is 12.2. The van der Waals surface area contributed by atoms with Gasteiger partial charge < -0.3 is 9.84 Å². The van der Waals surface area contributed by atoms with Gasteiger partial charge in [-0.15, -0.1) is 0 Å². The lowest BCUT2D eigenvalue weighted by Gasteiger charge is -2.08. The van der Waals surface area contributed by atoms with E-state index in [9.17, 15) is 14.3 Å². The zero-order valence-electron chi connectivity index (χ0n) is 7.74. The zero-order valence-corrected chi connectivity index (χ0v) is 7.74. The van der Waals surface area contributed by atoms with Gasteiger partial charge in [-0.05, 0) is 17.7 Å². The standard InChI is InChI=1S/C10H11FO3/c1-14-10(13)6-9(12)7-3-2-4-8(11)5-7/h2-5,9,12H,6H2,1H3/t9-/m1/s1. The molecule has 0 bridgehead atoms. The number of ether oxygens (including phenoxy) is 1. The third kappa shape index (κ3) is 2.81. The van der Waals surface area contributed by atoms with Crippen molar-refractivity contribution in [3.05, 3.63) is 35.6 Å². The van der Waals surface area contributed by atoms with Gasteiger partial charge in [0, 0.05) is 0 Å². The number of carbonyl (C=O) groups is 1. The molecule has 1 rings (SSSR count). The van der Waals surface area contributed by atoms with Gasteiger partial charge in [0.2, 0.25) is 0 Å². The molecule has 0 amide bonds. The maximum atomic E-state index is 12.7. The number of halogens is 1. The lowest BCUT2D eigenvalue weighted by molar-refractivity contribution is -0.142. The average Bonchev–Trinajstić information content (AvgIpc) is 2.17. The maximum Gasteiger partial charge on any atom is 0.308 e. The van der Waals surface area contributed by atoms with Crippen molar-refractivity contribution in [1.82, 2.24) is 0 Å². The summed E-state index contributed by atoms with van der Waals surface area (Å²) in [6.07, 6.45) is -1.18. The lowest BCUT2D eigenvalue weighted by Crippen LogP contribution is -2.08. The van der Waals surface area contributed by atoms with E-state index >= 15 is 0 Å². The number of aliphatic hydroxyl groups excluding tert-OH is 1. The second-order valence-corrected chi connectivity index (χ2v) is 2.85. The molecule has 0 saturated heterocycles. The van der Waals surface area contributed by atoms with E-state index < -0.39 is 17.9 Å². The van der Waals surface area contributed by atoms with Crippen LogP contribution in [0, 0.1) is 5.82 Å². The van der Waals surface area contributed by atoms with Gasteiger partial charge in [-0.1, -0.05) is 12.1 Å². The highest BCUT2D eigenvalue weighted by Crippen LogP contribution is 2.17. The van der Waals surface area contributed by atoms with Gasteiger partial charge in [-0.25, -0.2) is 4.39 Å². The monoisotopic (exact) mass is 198 g/mol. The summed E-state index contributed by atoms with van der Waals surface area (Å²) < 4.78 is 17.1. The minimum atomic E-state index is -1.02. The van der Waals surface area contributed by atoms with E-state index in [1.165, 1.54) is 25.3 Å². The summed E-state index contributed by atoms with van der Waals surface area (Å²) in [7, 11) is 1.24. The van der Waals surface area contributed by atoms with Crippen LogP contribution in [0.1, 0.15) is 18.1 Å². The van der Waals surface area contributed by atoms with Gasteiger partial charge in [-0.2, -0.15) is 0 Å². The summed E-state index contributed by atoms with van der Waals surface area (Å²) in [6.45, 7) is 0. The van der Waals surface area contributed by atoms with Crippen molar-refractivity contribution in [1.29, 1.82) is 0 Å². The molecule has 0 aliphatic carbocycles. The molecule has 0 aromatic heterocycles. The highest BCUT2D eigenvalue weighted by Gasteiger charge is 2.13. The third-order valence-electron chi connectivity index (χ3n) is 1.82. The van der Waals surface area contributed by atoms with E-state index in [0.29, 0.717) is 5.56 Å². The molecule has 0 saturated carbocycles. The minimum absolute atomic E-state index is 0.167. The number of esters is 1. The molecule has 0 unspecified atom stereocenters. The number of rotatable bonds is 3. The molecule has 1 aromatic rings. The smallest absolute Gasteiger partial charge is 0.308 e. The van der Waals surface area contributed by atoms with E-state index in [2.05, 4.69) is 4.74 Å². The number of benzene rings is 1. The number of aliphatic hydroxyl groups is 1. The largest absolute Gasteiger partial charge is 0.469 e. The number of hydrogen-bond donors (Lipinski definition) is 1. The first-order chi connectivity index (χ1) is 6.63. The second kappa shape index (κ2) is 4.72. The Bertz CT molecular complexity index is 325. The molecule has 0 radical (unpaired) electrons. The Labute approximate surface area is 81.1 Å². The van der Waals surface area contributed by atoms with Crippen LogP contribution in [0.25, 0.3) is 0 Å². The Kier molecular flexibility index (Phi) is 3.59. The van der Waals surface area contributed by atoms with Crippen molar-refractivity contribution in [3.63, 3.8) is 0 Å². The zero-order chi connectivity index (χ0) is 10.6. The van der Waals surface area contributed by atoms with E-state index in [0.717, 1.165) is 0 Å². The van der Waals surface area contributed by atoms with Crippen LogP contribution < -0.4 is 0 Å². The minimum Gasteiger partial charge on any atom is -0.469 e. The van der Waals surface area contributed by atoms with Crippen molar-refractivity contribution >= 4 is 5.97 Å². The Morgan fingerprint density at radius 2 is 2.36 bits per heavy atom.